The van der Waals surface area contributed by atoms with Crippen molar-refractivity contribution in [3.05, 3.63) is 23.9 Å². The van der Waals surface area contributed by atoms with Gasteiger partial charge in [0.05, 0.1) is 23.8 Å². The van der Waals surface area contributed by atoms with Crippen LogP contribution in [0.3, 0.4) is 0 Å². The lowest BCUT2D eigenvalue weighted by molar-refractivity contribution is -0.137. The number of alkyl halides is 3. The van der Waals surface area contributed by atoms with Gasteiger partial charge in [-0.15, -0.1) is 0 Å². The number of nitrogens with one attached hydrogen (secondary N) is 2. The molecule has 0 radical (unpaired) electrons. The number of fused-ring (bicyclic) bond motifs is 1. The number of ether oxygens (including phenoxy) is 1. The van der Waals surface area contributed by atoms with Crippen molar-refractivity contribution < 1.29 is 22.7 Å². The molecule has 1 aromatic heterocycles. The summed E-state index contributed by atoms with van der Waals surface area (Å²) < 4.78 is 43.1. The molecule has 1 saturated carbocycles. The summed E-state index contributed by atoms with van der Waals surface area (Å²) in [6.07, 6.45) is -2.77. The lowest BCUT2D eigenvalue weighted by Crippen LogP contribution is -2.68. The number of rotatable bonds is 3. The second kappa shape index (κ2) is 5.42. The van der Waals surface area contributed by atoms with Gasteiger partial charge in [-0.05, 0) is 18.6 Å². The quantitative estimate of drug-likeness (QED) is 0.893. The van der Waals surface area contributed by atoms with Crippen LogP contribution in [0.25, 0.3) is 0 Å². The zero-order chi connectivity index (χ0) is 15.9. The van der Waals surface area contributed by atoms with Gasteiger partial charge in [-0.1, -0.05) is 0 Å². The van der Waals surface area contributed by atoms with Crippen LogP contribution in [0.15, 0.2) is 18.3 Å². The van der Waals surface area contributed by atoms with E-state index in [0.29, 0.717) is 12.4 Å². The highest BCUT2D eigenvalue weighted by molar-refractivity contribution is 5.73. The number of nitrogens with zero attached hydrogens (tertiary/aromatic N) is 1. The molecule has 1 saturated heterocycles. The van der Waals surface area contributed by atoms with Gasteiger partial charge >= 0.3 is 6.18 Å². The van der Waals surface area contributed by atoms with E-state index in [1.54, 1.807) is 0 Å². The first-order valence-electron chi connectivity index (χ1n) is 7.05. The number of carbonyl (C=O) groups is 1. The van der Waals surface area contributed by atoms with Crippen molar-refractivity contribution in [3.8, 4) is 0 Å². The Morgan fingerprint density at radius 3 is 2.73 bits per heavy atom. The molecular formula is C14H16F3N3O2. The largest absolute Gasteiger partial charge is 0.417 e. The van der Waals surface area contributed by atoms with Gasteiger partial charge in [-0.2, -0.15) is 13.2 Å². The summed E-state index contributed by atoms with van der Waals surface area (Å²) >= 11 is 0. The highest BCUT2D eigenvalue weighted by Crippen LogP contribution is 2.40. The van der Waals surface area contributed by atoms with Crippen molar-refractivity contribution in [2.45, 2.75) is 37.7 Å². The average molecular weight is 315 g/mol. The molecule has 0 aromatic carbocycles. The summed E-state index contributed by atoms with van der Waals surface area (Å²) in [4.78, 5) is 15.1. The van der Waals surface area contributed by atoms with Gasteiger partial charge < -0.3 is 15.4 Å². The van der Waals surface area contributed by atoms with Crippen molar-refractivity contribution >= 4 is 11.7 Å². The fourth-order valence-electron chi connectivity index (χ4n) is 3.13. The Morgan fingerprint density at radius 1 is 1.36 bits per heavy atom. The monoisotopic (exact) mass is 315 g/mol. The number of halogens is 3. The van der Waals surface area contributed by atoms with E-state index in [1.807, 2.05) is 0 Å². The number of hydrogen-bond acceptors (Lipinski definition) is 4. The molecule has 0 spiro atoms. The van der Waals surface area contributed by atoms with Crippen LogP contribution in [0, 0.1) is 5.92 Å². The van der Waals surface area contributed by atoms with Crippen LogP contribution >= 0.6 is 0 Å². The molecule has 2 heterocycles. The van der Waals surface area contributed by atoms with E-state index in [0.717, 1.165) is 18.7 Å². The van der Waals surface area contributed by atoms with E-state index in [9.17, 15) is 18.0 Å². The number of hydrogen-bond donors (Lipinski definition) is 2. The van der Waals surface area contributed by atoms with Gasteiger partial charge in [-0.25, -0.2) is 4.98 Å². The summed E-state index contributed by atoms with van der Waals surface area (Å²) in [5.41, 5.74) is -0.785. The van der Waals surface area contributed by atoms with Crippen molar-refractivity contribution in [2.75, 3.05) is 11.9 Å². The third kappa shape index (κ3) is 2.75. The first-order chi connectivity index (χ1) is 10.4. The van der Waals surface area contributed by atoms with Gasteiger partial charge in [0.2, 0.25) is 5.91 Å². The van der Waals surface area contributed by atoms with E-state index < -0.39 is 11.7 Å². The molecule has 1 aromatic rings. The molecule has 22 heavy (non-hydrogen) atoms. The third-order valence-corrected chi connectivity index (χ3v) is 4.16. The maximum Gasteiger partial charge on any atom is 0.417 e. The van der Waals surface area contributed by atoms with Crippen LogP contribution < -0.4 is 10.6 Å². The van der Waals surface area contributed by atoms with E-state index in [2.05, 4.69) is 15.6 Å². The van der Waals surface area contributed by atoms with E-state index >= 15 is 0 Å². The van der Waals surface area contributed by atoms with Crippen LogP contribution in [0.4, 0.5) is 19.0 Å². The highest BCUT2D eigenvalue weighted by Gasteiger charge is 2.54. The fourth-order valence-corrected chi connectivity index (χ4v) is 3.13. The number of aromatic nitrogens is 1. The molecule has 2 aliphatic rings. The number of amides is 1. The van der Waals surface area contributed by atoms with Crippen LogP contribution in [-0.2, 0) is 15.7 Å². The maximum atomic E-state index is 12.5. The topological polar surface area (TPSA) is 63.2 Å². The molecule has 1 aliphatic heterocycles. The molecule has 3 rings (SSSR count). The average Bonchev–Trinajstić information content (AvgIpc) is 2.86. The Bertz CT molecular complexity index is 561. The van der Waals surface area contributed by atoms with Gasteiger partial charge in [0.25, 0.3) is 0 Å². The van der Waals surface area contributed by atoms with Crippen LogP contribution in [0.1, 0.15) is 18.9 Å². The smallest absolute Gasteiger partial charge is 0.376 e. The van der Waals surface area contributed by atoms with E-state index in [1.165, 1.54) is 13.0 Å². The van der Waals surface area contributed by atoms with Crippen molar-refractivity contribution in [3.63, 3.8) is 0 Å². The predicted octanol–water partition coefficient (Wildman–Crippen LogP) is 1.80. The van der Waals surface area contributed by atoms with Gasteiger partial charge in [0.1, 0.15) is 5.82 Å². The van der Waals surface area contributed by atoms with Crippen LogP contribution in [-0.4, -0.2) is 35.7 Å². The lowest BCUT2D eigenvalue weighted by atomic mass is 9.71. The van der Waals surface area contributed by atoms with Gasteiger partial charge in [0.15, 0.2) is 0 Å². The number of carbonyl (C=O) groups excluding carboxylic acids is 1. The lowest BCUT2D eigenvalue weighted by Gasteiger charge is -2.48. The molecular weight excluding hydrogens is 299 g/mol. The predicted molar refractivity (Wildman–Crippen MR) is 72.1 cm³/mol. The Hall–Kier alpha value is -1.83. The summed E-state index contributed by atoms with van der Waals surface area (Å²) in [6, 6.07) is 2.02. The maximum absolute atomic E-state index is 12.5. The van der Waals surface area contributed by atoms with Crippen molar-refractivity contribution in [2.24, 2.45) is 5.92 Å². The molecule has 0 unspecified atom stereocenters. The first kappa shape index (κ1) is 15.1. The zero-order valence-corrected chi connectivity index (χ0v) is 11.9. The Labute approximate surface area is 125 Å². The summed E-state index contributed by atoms with van der Waals surface area (Å²) in [6.45, 7) is 2.06. The molecule has 8 heteroatoms. The van der Waals surface area contributed by atoms with Crippen LogP contribution in [0.2, 0.25) is 0 Å². The second-order valence-corrected chi connectivity index (χ2v) is 5.61. The van der Waals surface area contributed by atoms with Gasteiger partial charge in [0, 0.05) is 25.6 Å². The number of anilines is 1. The minimum Gasteiger partial charge on any atom is -0.376 e. The molecule has 1 aliphatic carbocycles. The molecule has 1 amide bonds. The minimum absolute atomic E-state index is 0.0316. The van der Waals surface area contributed by atoms with Crippen molar-refractivity contribution in [1.29, 1.82) is 0 Å². The first-order valence-corrected chi connectivity index (χ1v) is 7.05. The summed E-state index contributed by atoms with van der Waals surface area (Å²) in [7, 11) is 0. The zero-order valence-electron chi connectivity index (χ0n) is 11.9. The fraction of sp³-hybridized carbons (Fsp3) is 0.571. The second-order valence-electron chi connectivity index (χ2n) is 5.61. The SMILES string of the molecule is CC(=O)N[C@@H]1[C@@H](Nc2ccc(C(F)(F)F)cn2)[C@H]2CCO[C@H]21. The minimum atomic E-state index is -4.40. The Balaban J connectivity index is 1.70. The van der Waals surface area contributed by atoms with Gasteiger partial charge in [-0.3, -0.25) is 4.79 Å². The van der Waals surface area contributed by atoms with E-state index in [4.69, 9.17) is 4.74 Å². The molecule has 120 valence electrons. The summed E-state index contributed by atoms with van der Waals surface area (Å²) in [5.74, 6) is 0.436. The molecule has 0 bridgehead atoms. The number of pyridine rings is 1. The Morgan fingerprint density at radius 2 is 2.14 bits per heavy atom. The van der Waals surface area contributed by atoms with Crippen molar-refractivity contribution in [1.82, 2.24) is 10.3 Å². The van der Waals surface area contributed by atoms with E-state index in [-0.39, 0.29) is 30.0 Å². The molecule has 2 N–H and O–H groups in total. The molecule has 5 nitrogen and oxygen atoms in total. The normalized spacial score (nSPS) is 30.4. The summed E-state index contributed by atoms with van der Waals surface area (Å²) in [5, 5.41) is 5.93. The molecule has 2 fully saturated rings. The van der Waals surface area contributed by atoms with Crippen LogP contribution in [0.5, 0.6) is 0 Å². The highest BCUT2D eigenvalue weighted by atomic mass is 19.4. The standard InChI is InChI=1S/C14H16F3N3O2/c1-7(21)19-12-11(9-4-5-22-13(9)12)20-10-3-2-8(6-18-10)14(15,16)17/h2-3,6,9,11-13H,4-5H2,1H3,(H,18,20)(H,19,21)/t9-,11+,12-,13-/m1/s1. The molecule has 4 atom stereocenters. The third-order valence-electron chi connectivity index (χ3n) is 4.16. The Kier molecular flexibility index (Phi) is 3.72.